The topological polar surface area (TPSA) is 20.3 Å². The van der Waals surface area contributed by atoms with E-state index in [1.807, 2.05) is 23.1 Å². The molecule has 1 unspecified atom stereocenters. The van der Waals surface area contributed by atoms with Crippen LogP contribution >= 0.6 is 43.5 Å². The second-order valence-electron chi connectivity index (χ2n) is 4.22. The van der Waals surface area contributed by atoms with Crippen LogP contribution in [0.1, 0.15) is 16.8 Å². The van der Waals surface area contributed by atoms with Crippen LogP contribution in [0, 0.1) is 5.92 Å². The summed E-state index contributed by atoms with van der Waals surface area (Å²) in [5, 5.41) is 0. The second kappa shape index (κ2) is 5.72. The smallest absolute Gasteiger partial charge is 0.253 e. The molecule has 92 valence electrons. The number of hydrogen-bond acceptors (Lipinski definition) is 1. The van der Waals surface area contributed by atoms with Crippen molar-refractivity contribution in [3.8, 4) is 0 Å². The van der Waals surface area contributed by atoms with E-state index in [9.17, 15) is 4.79 Å². The van der Waals surface area contributed by atoms with Gasteiger partial charge in [-0.05, 0) is 30.5 Å². The Morgan fingerprint density at radius 2 is 2.00 bits per heavy atom. The molecule has 2 rings (SSSR count). The molecule has 1 amide bonds. The first-order valence-corrected chi connectivity index (χ1v) is 7.53. The van der Waals surface area contributed by atoms with Crippen molar-refractivity contribution in [2.75, 3.05) is 19.0 Å². The Labute approximate surface area is 123 Å². The van der Waals surface area contributed by atoms with Crippen LogP contribution in [0.3, 0.4) is 0 Å². The Hall–Kier alpha value is -0.0600. The summed E-state index contributed by atoms with van der Waals surface area (Å²) in [5.74, 6) is 1.15. The third kappa shape index (κ3) is 3.24. The van der Waals surface area contributed by atoms with Crippen molar-refractivity contribution in [1.29, 1.82) is 0 Å². The molecule has 1 aromatic rings. The van der Waals surface area contributed by atoms with Gasteiger partial charge < -0.3 is 4.90 Å². The first-order valence-electron chi connectivity index (χ1n) is 5.41. The molecule has 17 heavy (non-hydrogen) atoms. The molecular formula is C12H12Br2ClNO. The fourth-order valence-electron chi connectivity index (χ4n) is 2.00. The average molecular weight is 381 g/mol. The van der Waals surface area contributed by atoms with Crippen molar-refractivity contribution in [2.45, 2.75) is 6.42 Å². The maximum absolute atomic E-state index is 12.3. The third-order valence-electron chi connectivity index (χ3n) is 2.90. The molecule has 0 bridgehead atoms. The van der Waals surface area contributed by atoms with Crippen LogP contribution in [0.5, 0.6) is 0 Å². The lowest BCUT2D eigenvalue weighted by Crippen LogP contribution is -2.28. The molecule has 1 aliphatic heterocycles. The molecule has 1 heterocycles. The summed E-state index contributed by atoms with van der Waals surface area (Å²) in [6, 6.07) is 5.62. The Morgan fingerprint density at radius 1 is 1.35 bits per heavy atom. The largest absolute Gasteiger partial charge is 0.338 e. The monoisotopic (exact) mass is 379 g/mol. The Morgan fingerprint density at radius 3 is 2.53 bits per heavy atom. The van der Waals surface area contributed by atoms with Gasteiger partial charge in [0, 0.05) is 33.5 Å². The second-order valence-corrected chi connectivity index (χ2v) is 6.36. The molecule has 0 aromatic heterocycles. The molecule has 1 fully saturated rings. The molecule has 0 N–H and O–H groups in total. The molecule has 1 aliphatic rings. The Balaban J connectivity index is 2.14. The fraction of sp³-hybridized carbons (Fsp3) is 0.417. The zero-order valence-electron chi connectivity index (χ0n) is 9.13. The van der Waals surface area contributed by atoms with Crippen LogP contribution < -0.4 is 0 Å². The molecule has 0 radical (unpaired) electrons. The van der Waals surface area contributed by atoms with Crippen LogP contribution in [0.2, 0.25) is 0 Å². The van der Waals surface area contributed by atoms with E-state index in [1.54, 1.807) is 0 Å². The molecule has 5 heteroatoms. The summed E-state index contributed by atoms with van der Waals surface area (Å²) in [6.07, 6.45) is 1.00. The first kappa shape index (κ1) is 13.4. The molecule has 1 aromatic carbocycles. The van der Waals surface area contributed by atoms with E-state index in [0.29, 0.717) is 17.4 Å². The average Bonchev–Trinajstić information content (AvgIpc) is 2.75. The number of halogens is 3. The number of alkyl halides is 1. The van der Waals surface area contributed by atoms with Gasteiger partial charge in [-0.1, -0.05) is 31.9 Å². The minimum absolute atomic E-state index is 0.0830. The van der Waals surface area contributed by atoms with Gasteiger partial charge in [0.05, 0.1) is 0 Å². The minimum atomic E-state index is 0.0830. The Kier molecular flexibility index (Phi) is 4.50. The lowest BCUT2D eigenvalue weighted by Gasteiger charge is -2.16. The van der Waals surface area contributed by atoms with Crippen molar-refractivity contribution < 1.29 is 4.79 Å². The zero-order valence-corrected chi connectivity index (χ0v) is 13.1. The van der Waals surface area contributed by atoms with Gasteiger partial charge in [-0.15, -0.1) is 11.6 Å². The van der Waals surface area contributed by atoms with Crippen LogP contribution in [0.15, 0.2) is 27.1 Å². The number of nitrogens with zero attached hydrogens (tertiary/aromatic N) is 1. The number of amides is 1. The number of benzene rings is 1. The van der Waals surface area contributed by atoms with Gasteiger partial charge in [0.2, 0.25) is 0 Å². The highest BCUT2D eigenvalue weighted by Gasteiger charge is 2.26. The maximum atomic E-state index is 12.3. The normalized spacial score (nSPS) is 19.7. The zero-order chi connectivity index (χ0) is 12.4. The quantitative estimate of drug-likeness (QED) is 0.712. The molecular weight excluding hydrogens is 369 g/mol. The van der Waals surface area contributed by atoms with Gasteiger partial charge >= 0.3 is 0 Å². The molecule has 0 aliphatic carbocycles. The van der Waals surface area contributed by atoms with Crippen molar-refractivity contribution in [1.82, 2.24) is 4.90 Å². The minimum Gasteiger partial charge on any atom is -0.338 e. The van der Waals surface area contributed by atoms with Gasteiger partial charge in [-0.25, -0.2) is 0 Å². The van der Waals surface area contributed by atoms with E-state index in [-0.39, 0.29) is 5.91 Å². The van der Waals surface area contributed by atoms with Crippen LogP contribution in [0.4, 0.5) is 0 Å². The first-order chi connectivity index (χ1) is 8.10. The Bertz CT molecular complexity index is 418. The summed E-state index contributed by atoms with van der Waals surface area (Å²) in [5.41, 5.74) is 0.710. The molecule has 0 saturated carbocycles. The van der Waals surface area contributed by atoms with Gasteiger partial charge in [0.15, 0.2) is 0 Å². The lowest BCUT2D eigenvalue weighted by atomic mass is 10.1. The van der Waals surface area contributed by atoms with Gasteiger partial charge in [-0.3, -0.25) is 4.79 Å². The van der Waals surface area contributed by atoms with E-state index < -0.39 is 0 Å². The highest BCUT2D eigenvalue weighted by molar-refractivity contribution is 9.11. The summed E-state index contributed by atoms with van der Waals surface area (Å²) < 4.78 is 1.81. The van der Waals surface area contributed by atoms with E-state index >= 15 is 0 Å². The molecule has 0 spiro atoms. The van der Waals surface area contributed by atoms with Crippen molar-refractivity contribution in [3.05, 3.63) is 32.7 Å². The van der Waals surface area contributed by atoms with Gasteiger partial charge in [0.25, 0.3) is 5.91 Å². The van der Waals surface area contributed by atoms with E-state index in [4.69, 9.17) is 11.6 Å². The number of hydrogen-bond donors (Lipinski definition) is 0. The molecule has 1 atom stereocenters. The highest BCUT2D eigenvalue weighted by Crippen LogP contribution is 2.24. The predicted octanol–water partition coefficient (Wildman–Crippen LogP) is 3.91. The van der Waals surface area contributed by atoms with Crippen LogP contribution in [0.25, 0.3) is 0 Å². The third-order valence-corrected chi connectivity index (χ3v) is 4.25. The van der Waals surface area contributed by atoms with Crippen LogP contribution in [-0.2, 0) is 0 Å². The summed E-state index contributed by atoms with van der Waals surface area (Å²) >= 11 is 12.6. The SMILES string of the molecule is O=C(c1cc(Br)cc(Br)c1)N1CCC(CCl)C1. The van der Waals surface area contributed by atoms with E-state index in [2.05, 4.69) is 31.9 Å². The van der Waals surface area contributed by atoms with Crippen LogP contribution in [-0.4, -0.2) is 29.8 Å². The number of carbonyl (C=O) groups excluding carboxylic acids is 1. The number of carbonyl (C=O) groups is 1. The van der Waals surface area contributed by atoms with E-state index in [1.165, 1.54) is 0 Å². The fourth-order valence-corrected chi connectivity index (χ4v) is 3.55. The van der Waals surface area contributed by atoms with Crippen molar-refractivity contribution >= 4 is 49.4 Å². The summed E-state index contributed by atoms with van der Waals surface area (Å²) in [6.45, 7) is 1.58. The van der Waals surface area contributed by atoms with Crippen molar-refractivity contribution in [3.63, 3.8) is 0 Å². The predicted molar refractivity (Wildman–Crippen MR) is 76.6 cm³/mol. The number of likely N-dealkylation sites (tertiary alicyclic amines) is 1. The van der Waals surface area contributed by atoms with Gasteiger partial charge in [-0.2, -0.15) is 0 Å². The summed E-state index contributed by atoms with van der Waals surface area (Å²) in [7, 11) is 0. The lowest BCUT2D eigenvalue weighted by molar-refractivity contribution is 0.0788. The number of rotatable bonds is 2. The summed E-state index contributed by atoms with van der Waals surface area (Å²) in [4.78, 5) is 14.1. The van der Waals surface area contributed by atoms with Crippen molar-refractivity contribution in [2.24, 2.45) is 5.92 Å². The van der Waals surface area contributed by atoms with Gasteiger partial charge in [0.1, 0.15) is 0 Å². The molecule has 2 nitrogen and oxygen atoms in total. The van der Waals surface area contributed by atoms with E-state index in [0.717, 1.165) is 28.5 Å². The highest BCUT2D eigenvalue weighted by atomic mass is 79.9. The maximum Gasteiger partial charge on any atom is 0.253 e. The standard InChI is InChI=1S/C12H12Br2ClNO/c13-10-3-9(4-11(14)5-10)12(17)16-2-1-8(6-15)7-16/h3-5,8H,1-2,6-7H2. The molecule has 1 saturated heterocycles.